The van der Waals surface area contributed by atoms with Gasteiger partial charge in [-0.15, -0.1) is 0 Å². The number of anilines is 1. The number of likely N-dealkylation sites (N-methyl/N-ethyl adjacent to an activating group) is 1. The molecule has 2 amide bonds. The van der Waals surface area contributed by atoms with E-state index in [0.717, 1.165) is 18.9 Å². The molecule has 9 heteroatoms. The van der Waals surface area contributed by atoms with Gasteiger partial charge in [0.05, 0.1) is 11.6 Å². The molecule has 1 aromatic carbocycles. The number of rotatable bonds is 6. The Morgan fingerprint density at radius 2 is 2.00 bits per heavy atom. The summed E-state index contributed by atoms with van der Waals surface area (Å²) in [5.41, 5.74) is 0.298. The van der Waals surface area contributed by atoms with Crippen LogP contribution >= 0.6 is 11.6 Å². The van der Waals surface area contributed by atoms with Crippen LogP contribution < -0.4 is 5.32 Å². The molecule has 1 saturated heterocycles. The van der Waals surface area contributed by atoms with Crippen LogP contribution in [0.2, 0.25) is 5.02 Å². The molecule has 1 aliphatic rings. The smallest absolute Gasteiger partial charge is 0.246 e. The van der Waals surface area contributed by atoms with Crippen molar-refractivity contribution in [3.8, 4) is 0 Å². The Morgan fingerprint density at radius 3 is 2.60 bits per heavy atom. The number of amides is 2. The largest absolute Gasteiger partial charge is 0.333 e. The van der Waals surface area contributed by atoms with Gasteiger partial charge in [0.2, 0.25) is 21.8 Å². The number of halogens is 1. The normalized spacial score (nSPS) is 15.0. The van der Waals surface area contributed by atoms with Gasteiger partial charge < -0.3 is 10.2 Å². The van der Waals surface area contributed by atoms with Crippen LogP contribution in [0.4, 0.5) is 5.69 Å². The van der Waals surface area contributed by atoms with Crippen LogP contribution in [-0.4, -0.2) is 56.1 Å². The van der Waals surface area contributed by atoms with E-state index in [9.17, 15) is 18.0 Å². The maximum Gasteiger partial charge on any atom is 0.246 e. The minimum atomic E-state index is -3.70. The highest BCUT2D eigenvalue weighted by molar-refractivity contribution is 7.89. The van der Waals surface area contributed by atoms with Crippen molar-refractivity contribution in [2.24, 2.45) is 0 Å². The lowest BCUT2D eigenvalue weighted by Gasteiger charge is -2.18. The molecule has 0 bridgehead atoms. The molecular formula is C16H20ClN3O4S. The quantitative estimate of drug-likeness (QED) is 0.755. The van der Waals surface area contributed by atoms with E-state index in [2.05, 4.69) is 11.9 Å². The van der Waals surface area contributed by atoms with Crippen LogP contribution in [0, 0.1) is 0 Å². The van der Waals surface area contributed by atoms with Crippen molar-refractivity contribution in [2.45, 2.75) is 17.7 Å². The Labute approximate surface area is 152 Å². The molecule has 1 aromatic rings. The van der Waals surface area contributed by atoms with E-state index in [-0.39, 0.29) is 22.4 Å². The van der Waals surface area contributed by atoms with Crippen molar-refractivity contribution < 1.29 is 18.0 Å². The zero-order valence-corrected chi connectivity index (χ0v) is 15.4. The van der Waals surface area contributed by atoms with E-state index < -0.39 is 15.9 Å². The standard InChI is InChI=1S/C16H20ClN3O4S/c1-3-16(22)19(2)11-15(21)18-12-6-7-13(17)14(10-12)25(23,24)20-8-4-5-9-20/h3,6-7,10H,1,4-5,8-9,11H2,2H3,(H,18,21). The van der Waals surface area contributed by atoms with Gasteiger partial charge in [0.1, 0.15) is 4.90 Å². The van der Waals surface area contributed by atoms with E-state index >= 15 is 0 Å². The molecule has 0 aliphatic carbocycles. The maximum atomic E-state index is 12.7. The molecule has 25 heavy (non-hydrogen) atoms. The average molecular weight is 386 g/mol. The Balaban J connectivity index is 2.17. The molecule has 0 unspecified atom stereocenters. The molecule has 1 N–H and O–H groups in total. The molecule has 0 aromatic heterocycles. The summed E-state index contributed by atoms with van der Waals surface area (Å²) in [7, 11) is -2.23. The monoisotopic (exact) mass is 385 g/mol. The highest BCUT2D eigenvalue weighted by atomic mass is 35.5. The Hall–Kier alpha value is -1.90. The minimum absolute atomic E-state index is 0.0376. The van der Waals surface area contributed by atoms with E-state index in [4.69, 9.17) is 11.6 Å². The van der Waals surface area contributed by atoms with Crippen molar-refractivity contribution in [2.75, 3.05) is 32.0 Å². The average Bonchev–Trinajstić information content (AvgIpc) is 3.10. The summed E-state index contributed by atoms with van der Waals surface area (Å²) in [6.45, 7) is 4.10. The lowest BCUT2D eigenvalue weighted by atomic mass is 10.3. The molecule has 0 atom stereocenters. The summed E-state index contributed by atoms with van der Waals surface area (Å²) >= 11 is 6.06. The highest BCUT2D eigenvalue weighted by Gasteiger charge is 2.29. The predicted octanol–water partition coefficient (Wildman–Crippen LogP) is 1.71. The molecule has 1 aliphatic heterocycles. The van der Waals surface area contributed by atoms with Gasteiger partial charge >= 0.3 is 0 Å². The number of benzene rings is 1. The van der Waals surface area contributed by atoms with Gasteiger partial charge in [0.25, 0.3) is 0 Å². The van der Waals surface area contributed by atoms with Crippen molar-refractivity contribution >= 4 is 39.1 Å². The Kier molecular flexibility index (Phi) is 6.21. The van der Waals surface area contributed by atoms with Gasteiger partial charge in [-0.25, -0.2) is 8.42 Å². The lowest BCUT2D eigenvalue weighted by molar-refractivity contribution is -0.129. The third-order valence-corrected chi connectivity index (χ3v) is 6.21. The minimum Gasteiger partial charge on any atom is -0.333 e. The van der Waals surface area contributed by atoms with E-state index in [1.807, 2.05) is 0 Å². The molecule has 1 heterocycles. The SMILES string of the molecule is C=CC(=O)N(C)CC(=O)Nc1ccc(Cl)c(S(=O)(=O)N2CCCC2)c1. The second-order valence-electron chi connectivity index (χ2n) is 5.70. The topological polar surface area (TPSA) is 86.8 Å². The Bertz CT molecular complexity index is 789. The maximum absolute atomic E-state index is 12.7. The molecule has 0 spiro atoms. The zero-order valence-electron chi connectivity index (χ0n) is 13.9. The summed E-state index contributed by atoms with van der Waals surface area (Å²) in [5, 5.41) is 2.67. The fraction of sp³-hybridized carbons (Fsp3) is 0.375. The molecule has 2 rings (SSSR count). The van der Waals surface area contributed by atoms with Crippen LogP contribution in [0.3, 0.4) is 0 Å². The first kappa shape index (κ1) is 19.4. The molecule has 1 fully saturated rings. The number of carbonyl (C=O) groups is 2. The second kappa shape index (κ2) is 7.99. The molecular weight excluding hydrogens is 366 g/mol. The van der Waals surface area contributed by atoms with Crippen LogP contribution in [0.5, 0.6) is 0 Å². The van der Waals surface area contributed by atoms with Gasteiger partial charge in [-0.3, -0.25) is 9.59 Å². The molecule has 136 valence electrons. The summed E-state index contributed by atoms with van der Waals surface area (Å²) < 4.78 is 26.7. The van der Waals surface area contributed by atoms with Gasteiger partial charge in [-0.1, -0.05) is 18.2 Å². The van der Waals surface area contributed by atoms with Gasteiger partial charge in [0.15, 0.2) is 0 Å². The predicted molar refractivity (Wildman–Crippen MR) is 95.9 cm³/mol. The summed E-state index contributed by atoms with van der Waals surface area (Å²) in [5.74, 6) is -0.840. The number of nitrogens with one attached hydrogen (secondary N) is 1. The first-order valence-electron chi connectivity index (χ1n) is 7.73. The third kappa shape index (κ3) is 4.59. The van der Waals surface area contributed by atoms with E-state index in [1.165, 1.54) is 34.5 Å². The van der Waals surface area contributed by atoms with Crippen LogP contribution in [0.1, 0.15) is 12.8 Å². The first-order chi connectivity index (χ1) is 11.8. The van der Waals surface area contributed by atoms with Crippen molar-refractivity contribution in [1.29, 1.82) is 0 Å². The van der Waals surface area contributed by atoms with Crippen LogP contribution in [-0.2, 0) is 19.6 Å². The van der Waals surface area contributed by atoms with Gasteiger partial charge in [0, 0.05) is 25.8 Å². The molecule has 7 nitrogen and oxygen atoms in total. The van der Waals surface area contributed by atoms with Gasteiger partial charge in [-0.05, 0) is 37.1 Å². The van der Waals surface area contributed by atoms with E-state index in [0.29, 0.717) is 18.8 Å². The number of nitrogens with zero attached hydrogens (tertiary/aromatic N) is 2. The highest BCUT2D eigenvalue weighted by Crippen LogP contribution is 2.29. The fourth-order valence-corrected chi connectivity index (χ4v) is 4.51. The summed E-state index contributed by atoms with van der Waals surface area (Å²) in [6.07, 6.45) is 2.74. The lowest BCUT2D eigenvalue weighted by Crippen LogP contribution is -2.33. The zero-order chi connectivity index (χ0) is 18.6. The van der Waals surface area contributed by atoms with Crippen molar-refractivity contribution in [3.05, 3.63) is 35.9 Å². The first-order valence-corrected chi connectivity index (χ1v) is 9.54. The summed E-state index contributed by atoms with van der Waals surface area (Å²) in [4.78, 5) is 24.6. The van der Waals surface area contributed by atoms with E-state index in [1.54, 1.807) is 0 Å². The van der Waals surface area contributed by atoms with Crippen molar-refractivity contribution in [3.63, 3.8) is 0 Å². The van der Waals surface area contributed by atoms with Crippen molar-refractivity contribution in [1.82, 2.24) is 9.21 Å². The van der Waals surface area contributed by atoms with Crippen LogP contribution in [0.15, 0.2) is 35.7 Å². The molecule has 0 saturated carbocycles. The number of hydrogen-bond donors (Lipinski definition) is 1. The molecule has 0 radical (unpaired) electrons. The second-order valence-corrected chi connectivity index (χ2v) is 8.02. The number of carbonyl (C=O) groups excluding carboxylic acids is 2. The fourth-order valence-electron chi connectivity index (χ4n) is 2.50. The summed E-state index contributed by atoms with van der Waals surface area (Å²) in [6, 6.07) is 4.28. The number of hydrogen-bond acceptors (Lipinski definition) is 4. The number of sulfonamides is 1. The van der Waals surface area contributed by atoms with Gasteiger partial charge in [-0.2, -0.15) is 4.31 Å². The third-order valence-electron chi connectivity index (χ3n) is 3.83. The Morgan fingerprint density at radius 1 is 1.36 bits per heavy atom. The van der Waals surface area contributed by atoms with Crippen LogP contribution in [0.25, 0.3) is 0 Å².